The first kappa shape index (κ1) is 20.2. The first-order valence-electron chi connectivity index (χ1n) is 8.77. The zero-order valence-electron chi connectivity index (χ0n) is 15.3. The van der Waals surface area contributed by atoms with E-state index >= 15 is 0 Å². The summed E-state index contributed by atoms with van der Waals surface area (Å²) in [6.45, 7) is 9.07. The van der Waals surface area contributed by atoms with Crippen molar-refractivity contribution in [3.05, 3.63) is 35.9 Å². The highest BCUT2D eigenvalue weighted by Crippen LogP contribution is 2.22. The maximum absolute atomic E-state index is 12.4. The molecule has 0 aliphatic heterocycles. The van der Waals surface area contributed by atoms with Crippen LogP contribution in [0.1, 0.15) is 58.4 Å². The van der Waals surface area contributed by atoms with Gasteiger partial charge in [-0.05, 0) is 30.2 Å². The van der Waals surface area contributed by atoms with Gasteiger partial charge in [0, 0.05) is 0 Å². The van der Waals surface area contributed by atoms with Gasteiger partial charge in [-0.15, -0.1) is 0 Å². The van der Waals surface area contributed by atoms with E-state index in [2.05, 4.69) is 27.7 Å². The molecule has 0 saturated carbocycles. The predicted octanol–water partition coefficient (Wildman–Crippen LogP) is 4.34. The van der Waals surface area contributed by atoms with Crippen LogP contribution in [0, 0.1) is 11.8 Å². The van der Waals surface area contributed by atoms with Gasteiger partial charge >= 0.3 is 11.9 Å². The van der Waals surface area contributed by atoms with Crippen molar-refractivity contribution in [2.75, 3.05) is 13.2 Å². The minimum atomic E-state index is -0.607. The van der Waals surface area contributed by atoms with E-state index in [1.165, 1.54) is 0 Å². The Morgan fingerprint density at radius 2 is 1.42 bits per heavy atom. The van der Waals surface area contributed by atoms with Gasteiger partial charge in [0.25, 0.3) is 0 Å². The van der Waals surface area contributed by atoms with Gasteiger partial charge in [-0.2, -0.15) is 0 Å². The van der Waals surface area contributed by atoms with Gasteiger partial charge in [-0.3, -0.25) is 9.59 Å². The van der Waals surface area contributed by atoms with E-state index in [0.29, 0.717) is 25.0 Å². The molecule has 1 rings (SSSR count). The van der Waals surface area contributed by atoms with Crippen LogP contribution >= 0.6 is 0 Å². The van der Waals surface area contributed by atoms with Gasteiger partial charge in [0.2, 0.25) is 0 Å². The maximum atomic E-state index is 12.4. The predicted molar refractivity (Wildman–Crippen MR) is 94.6 cm³/mol. The lowest BCUT2D eigenvalue weighted by atomic mass is 9.96. The molecule has 1 unspecified atom stereocenters. The van der Waals surface area contributed by atoms with Crippen LogP contribution in [0.4, 0.5) is 0 Å². The molecule has 24 heavy (non-hydrogen) atoms. The molecule has 1 aromatic rings. The summed E-state index contributed by atoms with van der Waals surface area (Å²) >= 11 is 0. The Labute approximate surface area is 145 Å². The molecule has 0 fully saturated rings. The largest absolute Gasteiger partial charge is 0.466 e. The third-order valence-electron chi connectivity index (χ3n) is 3.76. The van der Waals surface area contributed by atoms with Gasteiger partial charge in [-0.1, -0.05) is 58.0 Å². The summed E-state index contributed by atoms with van der Waals surface area (Å²) in [6.07, 6.45) is 1.65. The highest BCUT2D eigenvalue weighted by molar-refractivity contribution is 5.84. The van der Waals surface area contributed by atoms with Gasteiger partial charge in [0.1, 0.15) is 0 Å². The van der Waals surface area contributed by atoms with Crippen molar-refractivity contribution in [2.24, 2.45) is 11.8 Å². The Morgan fingerprint density at radius 3 is 1.96 bits per heavy atom. The first-order valence-corrected chi connectivity index (χ1v) is 8.77. The zero-order chi connectivity index (χ0) is 17.9. The van der Waals surface area contributed by atoms with E-state index in [9.17, 15) is 9.59 Å². The minimum absolute atomic E-state index is 0.0165. The summed E-state index contributed by atoms with van der Waals surface area (Å²) in [7, 11) is 0. The van der Waals surface area contributed by atoms with Crippen molar-refractivity contribution in [3.63, 3.8) is 0 Å². The lowest BCUT2D eigenvalue weighted by molar-refractivity contribution is -0.152. The second kappa shape index (κ2) is 10.8. The van der Waals surface area contributed by atoms with Crippen LogP contribution < -0.4 is 0 Å². The van der Waals surface area contributed by atoms with Crippen LogP contribution in [0.5, 0.6) is 0 Å². The number of benzene rings is 1. The molecule has 0 saturated heterocycles. The number of carbonyl (C=O) groups excluding carboxylic acids is 2. The lowest BCUT2D eigenvalue weighted by Gasteiger charge is -2.17. The third kappa shape index (κ3) is 8.14. The molecule has 0 aliphatic rings. The van der Waals surface area contributed by atoms with Crippen LogP contribution in [0.25, 0.3) is 0 Å². The van der Waals surface area contributed by atoms with Gasteiger partial charge < -0.3 is 9.47 Å². The highest BCUT2D eigenvalue weighted by atomic mass is 16.5. The first-order chi connectivity index (χ1) is 11.4. The summed E-state index contributed by atoms with van der Waals surface area (Å²) < 4.78 is 10.6. The minimum Gasteiger partial charge on any atom is -0.466 e. The fraction of sp³-hybridized carbons (Fsp3) is 0.600. The van der Waals surface area contributed by atoms with E-state index in [0.717, 1.165) is 18.4 Å². The molecule has 0 amide bonds. The van der Waals surface area contributed by atoms with Crippen molar-refractivity contribution < 1.29 is 19.1 Å². The monoisotopic (exact) mass is 334 g/mol. The lowest BCUT2D eigenvalue weighted by Crippen LogP contribution is -2.21. The summed E-state index contributed by atoms with van der Waals surface area (Å²) in [6, 6.07) is 9.28. The van der Waals surface area contributed by atoms with Crippen LogP contribution in [-0.4, -0.2) is 25.2 Å². The summed E-state index contributed by atoms with van der Waals surface area (Å²) in [5, 5.41) is 0. The van der Waals surface area contributed by atoms with Crippen molar-refractivity contribution in [1.29, 1.82) is 0 Å². The number of hydrogen-bond donors (Lipinski definition) is 0. The molecular weight excluding hydrogens is 304 g/mol. The molecule has 0 heterocycles. The quantitative estimate of drug-likeness (QED) is 0.597. The van der Waals surface area contributed by atoms with E-state index in [-0.39, 0.29) is 18.4 Å². The Hall–Kier alpha value is -1.84. The zero-order valence-corrected chi connectivity index (χ0v) is 15.3. The smallest absolute Gasteiger partial charge is 0.314 e. The summed E-state index contributed by atoms with van der Waals surface area (Å²) in [5.74, 6) is -0.379. The standard InChI is InChI=1S/C20H30O4/c1-15(2)10-12-23-19(21)14-18(17-8-6-5-7-9-17)20(22)24-13-11-16(3)4/h5-9,15-16,18H,10-14H2,1-4H3. The van der Waals surface area contributed by atoms with E-state index in [1.807, 2.05) is 30.3 Å². The SMILES string of the molecule is CC(C)CCOC(=O)CC(C(=O)OCCC(C)C)c1ccccc1. The average Bonchev–Trinajstić information content (AvgIpc) is 2.52. The Balaban J connectivity index is 2.65. The summed E-state index contributed by atoms with van der Waals surface area (Å²) in [5.41, 5.74) is 0.785. The number of carbonyl (C=O) groups is 2. The Bertz CT molecular complexity index is 494. The molecule has 0 radical (unpaired) electrons. The van der Waals surface area contributed by atoms with Crippen LogP contribution in [0.3, 0.4) is 0 Å². The molecule has 0 aromatic heterocycles. The molecular formula is C20H30O4. The number of hydrogen-bond acceptors (Lipinski definition) is 4. The highest BCUT2D eigenvalue weighted by Gasteiger charge is 2.26. The maximum Gasteiger partial charge on any atom is 0.314 e. The van der Waals surface area contributed by atoms with E-state index in [1.54, 1.807) is 0 Å². The van der Waals surface area contributed by atoms with Crippen molar-refractivity contribution in [1.82, 2.24) is 0 Å². The fourth-order valence-corrected chi connectivity index (χ4v) is 2.15. The molecule has 1 atom stereocenters. The molecule has 0 bridgehead atoms. The molecule has 4 nitrogen and oxygen atoms in total. The van der Waals surface area contributed by atoms with Crippen LogP contribution in [-0.2, 0) is 19.1 Å². The molecule has 134 valence electrons. The van der Waals surface area contributed by atoms with Gasteiger partial charge in [-0.25, -0.2) is 0 Å². The topological polar surface area (TPSA) is 52.6 Å². The van der Waals surface area contributed by atoms with Crippen molar-refractivity contribution >= 4 is 11.9 Å². The van der Waals surface area contributed by atoms with E-state index < -0.39 is 5.92 Å². The number of ether oxygens (including phenoxy) is 2. The third-order valence-corrected chi connectivity index (χ3v) is 3.76. The van der Waals surface area contributed by atoms with E-state index in [4.69, 9.17) is 9.47 Å². The Kier molecular flexibility index (Phi) is 9.13. The summed E-state index contributed by atoms with van der Waals surface area (Å²) in [4.78, 5) is 24.5. The second-order valence-electron chi connectivity index (χ2n) is 6.92. The molecule has 0 aliphatic carbocycles. The molecule has 0 N–H and O–H groups in total. The van der Waals surface area contributed by atoms with Crippen molar-refractivity contribution in [3.8, 4) is 0 Å². The fourth-order valence-electron chi connectivity index (χ4n) is 2.15. The number of esters is 2. The average molecular weight is 334 g/mol. The second-order valence-corrected chi connectivity index (χ2v) is 6.92. The molecule has 4 heteroatoms. The van der Waals surface area contributed by atoms with Gasteiger partial charge in [0.15, 0.2) is 0 Å². The van der Waals surface area contributed by atoms with Gasteiger partial charge in [0.05, 0.1) is 25.6 Å². The van der Waals surface area contributed by atoms with Crippen molar-refractivity contribution in [2.45, 2.75) is 52.9 Å². The molecule has 1 aromatic carbocycles. The normalized spacial score (nSPS) is 12.2. The van der Waals surface area contributed by atoms with Crippen LogP contribution in [0.2, 0.25) is 0 Å². The Morgan fingerprint density at radius 1 is 0.875 bits per heavy atom. The molecule has 0 spiro atoms. The van der Waals surface area contributed by atoms with Crippen LogP contribution in [0.15, 0.2) is 30.3 Å². The number of rotatable bonds is 10.